The Balaban J connectivity index is 2.74. The number of para-hydroxylation sites is 1. The fourth-order valence-electron chi connectivity index (χ4n) is 1.30. The van der Waals surface area contributed by atoms with E-state index in [-0.39, 0.29) is 22.1 Å². The highest BCUT2D eigenvalue weighted by Crippen LogP contribution is 2.34. The predicted molar refractivity (Wildman–Crippen MR) is 69.3 cm³/mol. The Hall–Kier alpha value is -1.33. The van der Waals surface area contributed by atoms with Gasteiger partial charge in [-0.05, 0) is 26.0 Å². The Morgan fingerprint density at radius 3 is 2.67 bits per heavy atom. The van der Waals surface area contributed by atoms with Crippen LogP contribution in [-0.2, 0) is 4.74 Å². The summed E-state index contributed by atoms with van der Waals surface area (Å²) in [6.45, 7) is 4.16. The monoisotopic (exact) mass is 273 g/mol. The van der Waals surface area contributed by atoms with Crippen LogP contribution in [0.3, 0.4) is 0 Å². The van der Waals surface area contributed by atoms with E-state index in [1.54, 1.807) is 13.2 Å². The molecule has 0 spiro atoms. The lowest BCUT2D eigenvalue weighted by molar-refractivity contribution is -0.385. The van der Waals surface area contributed by atoms with Crippen molar-refractivity contribution in [1.82, 2.24) is 0 Å². The first-order valence-electron chi connectivity index (χ1n) is 5.48. The molecule has 1 rings (SSSR count). The lowest BCUT2D eigenvalue weighted by Crippen LogP contribution is -2.25. The summed E-state index contributed by atoms with van der Waals surface area (Å²) >= 11 is 5.77. The number of nitro groups is 1. The number of halogens is 1. The maximum atomic E-state index is 10.9. The molecular formula is C12H16ClNO4. The van der Waals surface area contributed by atoms with Crippen molar-refractivity contribution in [2.24, 2.45) is 0 Å². The van der Waals surface area contributed by atoms with Crippen LogP contribution in [0.5, 0.6) is 5.75 Å². The van der Waals surface area contributed by atoms with Gasteiger partial charge < -0.3 is 9.47 Å². The van der Waals surface area contributed by atoms with E-state index in [2.05, 4.69) is 0 Å². The fraction of sp³-hybridized carbons (Fsp3) is 0.500. The van der Waals surface area contributed by atoms with Crippen molar-refractivity contribution >= 4 is 17.3 Å². The van der Waals surface area contributed by atoms with Gasteiger partial charge in [0, 0.05) is 13.5 Å². The fourth-order valence-corrected chi connectivity index (χ4v) is 1.53. The van der Waals surface area contributed by atoms with Gasteiger partial charge in [-0.2, -0.15) is 0 Å². The molecule has 0 bridgehead atoms. The lowest BCUT2D eigenvalue weighted by atomic mass is 10.1. The van der Waals surface area contributed by atoms with Gasteiger partial charge in [0.25, 0.3) is 0 Å². The number of nitrogens with zero attached hydrogens (tertiary/aromatic N) is 1. The molecule has 0 aliphatic heterocycles. The summed E-state index contributed by atoms with van der Waals surface area (Å²) in [4.78, 5) is 10.3. The maximum absolute atomic E-state index is 10.9. The molecule has 0 saturated carbocycles. The molecule has 0 aliphatic rings. The minimum atomic E-state index is -0.543. The minimum Gasteiger partial charge on any atom is -0.487 e. The van der Waals surface area contributed by atoms with E-state index in [1.165, 1.54) is 12.1 Å². The number of ether oxygens (including phenoxy) is 2. The zero-order valence-corrected chi connectivity index (χ0v) is 11.4. The Morgan fingerprint density at radius 1 is 1.44 bits per heavy atom. The topological polar surface area (TPSA) is 61.6 Å². The van der Waals surface area contributed by atoms with E-state index < -0.39 is 4.92 Å². The third-order valence-electron chi connectivity index (χ3n) is 2.65. The molecule has 0 amide bonds. The van der Waals surface area contributed by atoms with Gasteiger partial charge in [0.1, 0.15) is 5.02 Å². The molecule has 0 unspecified atom stereocenters. The van der Waals surface area contributed by atoms with Crippen molar-refractivity contribution in [2.75, 3.05) is 13.7 Å². The minimum absolute atomic E-state index is 0.0727. The van der Waals surface area contributed by atoms with Crippen molar-refractivity contribution in [2.45, 2.75) is 25.9 Å². The Morgan fingerprint density at radius 2 is 2.11 bits per heavy atom. The van der Waals surface area contributed by atoms with E-state index in [0.717, 1.165) is 0 Å². The van der Waals surface area contributed by atoms with Crippen molar-refractivity contribution in [3.63, 3.8) is 0 Å². The van der Waals surface area contributed by atoms with Gasteiger partial charge in [0.2, 0.25) is 0 Å². The standard InChI is InChI=1S/C12H16ClNO4/c1-12(2,17-3)7-8-18-10-6-4-5-9(13)11(10)14(15)16/h4-6H,7-8H2,1-3H3. The molecule has 0 saturated heterocycles. The number of hydrogen-bond donors (Lipinski definition) is 0. The van der Waals surface area contributed by atoms with Crippen LogP contribution in [0, 0.1) is 10.1 Å². The van der Waals surface area contributed by atoms with Gasteiger partial charge in [0.15, 0.2) is 5.75 Å². The molecule has 0 aromatic heterocycles. The van der Waals surface area contributed by atoms with Gasteiger partial charge in [-0.3, -0.25) is 10.1 Å². The number of nitro benzene ring substituents is 1. The summed E-state index contributed by atoms with van der Waals surface area (Å²) in [6, 6.07) is 4.61. The van der Waals surface area contributed by atoms with Gasteiger partial charge >= 0.3 is 5.69 Å². The number of hydrogen-bond acceptors (Lipinski definition) is 4. The highest BCUT2D eigenvalue weighted by Gasteiger charge is 2.21. The molecule has 0 N–H and O–H groups in total. The third-order valence-corrected chi connectivity index (χ3v) is 2.95. The van der Waals surface area contributed by atoms with Crippen LogP contribution in [0.15, 0.2) is 18.2 Å². The van der Waals surface area contributed by atoms with Gasteiger partial charge in [-0.15, -0.1) is 0 Å². The number of methoxy groups -OCH3 is 1. The molecule has 5 nitrogen and oxygen atoms in total. The Bertz CT molecular complexity index is 434. The molecule has 0 aliphatic carbocycles. The van der Waals surface area contributed by atoms with Crippen LogP contribution in [0.4, 0.5) is 5.69 Å². The van der Waals surface area contributed by atoms with Gasteiger partial charge in [-0.1, -0.05) is 17.7 Å². The molecule has 1 aromatic carbocycles. The van der Waals surface area contributed by atoms with E-state index in [4.69, 9.17) is 21.1 Å². The van der Waals surface area contributed by atoms with Gasteiger partial charge in [0.05, 0.1) is 17.1 Å². The molecular weight excluding hydrogens is 258 g/mol. The maximum Gasteiger partial charge on any atom is 0.329 e. The van der Waals surface area contributed by atoms with E-state index in [1.807, 2.05) is 13.8 Å². The SMILES string of the molecule is COC(C)(C)CCOc1cccc(Cl)c1[N+](=O)[O-]. The molecule has 1 aromatic rings. The number of rotatable bonds is 6. The number of benzene rings is 1. The second-order valence-corrected chi connectivity index (χ2v) is 4.81. The Kier molecular flexibility index (Phi) is 4.93. The van der Waals surface area contributed by atoms with Crippen LogP contribution < -0.4 is 4.74 Å². The summed E-state index contributed by atoms with van der Waals surface area (Å²) < 4.78 is 10.6. The highest BCUT2D eigenvalue weighted by molar-refractivity contribution is 6.32. The molecule has 6 heteroatoms. The van der Waals surface area contributed by atoms with Crippen LogP contribution in [-0.4, -0.2) is 24.2 Å². The average molecular weight is 274 g/mol. The smallest absolute Gasteiger partial charge is 0.329 e. The summed E-state index contributed by atoms with van der Waals surface area (Å²) in [5, 5.41) is 10.9. The van der Waals surface area contributed by atoms with Crippen LogP contribution >= 0.6 is 11.6 Å². The molecule has 0 heterocycles. The first-order valence-corrected chi connectivity index (χ1v) is 5.86. The first kappa shape index (κ1) is 14.7. The second-order valence-electron chi connectivity index (χ2n) is 4.41. The van der Waals surface area contributed by atoms with Gasteiger partial charge in [-0.25, -0.2) is 0 Å². The lowest BCUT2D eigenvalue weighted by Gasteiger charge is -2.22. The normalized spacial score (nSPS) is 11.3. The molecule has 0 fully saturated rings. The van der Waals surface area contributed by atoms with E-state index >= 15 is 0 Å². The van der Waals surface area contributed by atoms with Crippen LogP contribution in [0.25, 0.3) is 0 Å². The molecule has 0 atom stereocenters. The summed E-state index contributed by atoms with van der Waals surface area (Å²) in [5.74, 6) is 0.180. The summed E-state index contributed by atoms with van der Waals surface area (Å²) in [7, 11) is 1.61. The van der Waals surface area contributed by atoms with Crippen molar-refractivity contribution in [1.29, 1.82) is 0 Å². The Labute approximate surface area is 111 Å². The third kappa shape index (κ3) is 3.85. The summed E-state index contributed by atoms with van der Waals surface area (Å²) in [5.41, 5.74) is -0.526. The molecule has 100 valence electrons. The second kappa shape index (κ2) is 6.02. The first-order chi connectivity index (χ1) is 8.37. The van der Waals surface area contributed by atoms with Crippen molar-refractivity contribution in [3.8, 4) is 5.75 Å². The van der Waals surface area contributed by atoms with Crippen LogP contribution in [0.2, 0.25) is 5.02 Å². The van der Waals surface area contributed by atoms with E-state index in [9.17, 15) is 10.1 Å². The average Bonchev–Trinajstić information content (AvgIpc) is 2.28. The molecule has 18 heavy (non-hydrogen) atoms. The zero-order chi connectivity index (χ0) is 13.8. The summed E-state index contributed by atoms with van der Waals surface area (Å²) in [6.07, 6.45) is 0.618. The predicted octanol–water partition coefficient (Wildman–Crippen LogP) is 3.44. The van der Waals surface area contributed by atoms with Crippen LogP contribution in [0.1, 0.15) is 20.3 Å². The van der Waals surface area contributed by atoms with Crippen molar-refractivity contribution < 1.29 is 14.4 Å². The largest absolute Gasteiger partial charge is 0.487 e. The zero-order valence-electron chi connectivity index (χ0n) is 10.6. The molecule has 0 radical (unpaired) electrons. The quantitative estimate of drug-likeness (QED) is 0.588. The highest BCUT2D eigenvalue weighted by atomic mass is 35.5. The van der Waals surface area contributed by atoms with E-state index in [0.29, 0.717) is 13.0 Å². The van der Waals surface area contributed by atoms with Crippen molar-refractivity contribution in [3.05, 3.63) is 33.3 Å².